The molecule has 2 aromatic rings. The number of hydrogen-bond donors (Lipinski definition) is 0. The van der Waals surface area contributed by atoms with E-state index >= 15 is 0 Å². The molecule has 0 amide bonds. The highest BCUT2D eigenvalue weighted by molar-refractivity contribution is 5.30. The van der Waals surface area contributed by atoms with Gasteiger partial charge in [-0.05, 0) is 48.1 Å². The van der Waals surface area contributed by atoms with E-state index in [4.69, 9.17) is 0 Å². The lowest BCUT2D eigenvalue weighted by Gasteiger charge is -2.17. The van der Waals surface area contributed by atoms with Crippen molar-refractivity contribution >= 4 is 0 Å². The zero-order valence-corrected chi connectivity index (χ0v) is 11.6. The molecule has 1 unspecified atom stereocenters. The summed E-state index contributed by atoms with van der Waals surface area (Å²) in [7, 11) is 0. The second kappa shape index (κ2) is 6.29. The molecule has 0 bridgehead atoms. The van der Waals surface area contributed by atoms with Crippen LogP contribution in [0.4, 0.5) is 17.6 Å². The van der Waals surface area contributed by atoms with Crippen molar-refractivity contribution in [3.05, 3.63) is 71.0 Å². The van der Waals surface area contributed by atoms with Crippen LogP contribution in [0.1, 0.15) is 36.0 Å². The molecule has 0 N–H and O–H groups in total. The van der Waals surface area contributed by atoms with E-state index in [2.05, 4.69) is 0 Å². The van der Waals surface area contributed by atoms with Gasteiger partial charge < -0.3 is 0 Å². The van der Waals surface area contributed by atoms with Crippen LogP contribution in [0, 0.1) is 5.82 Å². The van der Waals surface area contributed by atoms with Crippen molar-refractivity contribution in [1.82, 2.24) is 0 Å². The van der Waals surface area contributed by atoms with Crippen LogP contribution in [0.25, 0.3) is 0 Å². The Morgan fingerprint density at radius 3 is 2.24 bits per heavy atom. The van der Waals surface area contributed by atoms with Crippen LogP contribution in [0.15, 0.2) is 48.5 Å². The van der Waals surface area contributed by atoms with Gasteiger partial charge in [-0.3, -0.25) is 0 Å². The van der Waals surface area contributed by atoms with E-state index in [1.54, 1.807) is 18.2 Å². The molecular weight excluding hydrogens is 280 g/mol. The molecule has 0 spiro atoms. The van der Waals surface area contributed by atoms with Crippen LogP contribution in [0.3, 0.4) is 0 Å². The maximum Gasteiger partial charge on any atom is 0.416 e. The highest BCUT2D eigenvalue weighted by Gasteiger charge is 2.30. The van der Waals surface area contributed by atoms with E-state index in [1.165, 1.54) is 24.3 Å². The van der Waals surface area contributed by atoms with Crippen molar-refractivity contribution in [3.8, 4) is 0 Å². The maximum atomic E-state index is 12.9. The average Bonchev–Trinajstić information content (AvgIpc) is 2.46. The summed E-state index contributed by atoms with van der Waals surface area (Å²) in [6, 6.07) is 11.5. The van der Waals surface area contributed by atoms with Gasteiger partial charge in [0.15, 0.2) is 0 Å². The fourth-order valence-corrected chi connectivity index (χ4v) is 2.37. The number of hydrogen-bond acceptors (Lipinski definition) is 0. The van der Waals surface area contributed by atoms with Crippen LogP contribution in [0.2, 0.25) is 0 Å². The Kier molecular flexibility index (Phi) is 4.66. The Bertz CT molecular complexity index is 584. The second-order valence-corrected chi connectivity index (χ2v) is 5.06. The molecule has 0 aliphatic carbocycles. The highest BCUT2D eigenvalue weighted by Crippen LogP contribution is 2.32. The first-order chi connectivity index (χ1) is 9.90. The van der Waals surface area contributed by atoms with Gasteiger partial charge in [-0.1, -0.05) is 37.3 Å². The lowest BCUT2D eigenvalue weighted by atomic mass is 9.89. The molecule has 2 aromatic carbocycles. The summed E-state index contributed by atoms with van der Waals surface area (Å²) in [5.41, 5.74) is 0.954. The van der Waals surface area contributed by atoms with Gasteiger partial charge >= 0.3 is 6.18 Å². The number of rotatable bonds is 4. The van der Waals surface area contributed by atoms with Crippen LogP contribution in [-0.2, 0) is 12.6 Å². The van der Waals surface area contributed by atoms with Crippen LogP contribution in [-0.4, -0.2) is 0 Å². The predicted molar refractivity (Wildman–Crippen MR) is 74.6 cm³/mol. The molecule has 0 saturated carbocycles. The Morgan fingerprint density at radius 2 is 1.67 bits per heavy atom. The van der Waals surface area contributed by atoms with Gasteiger partial charge in [0.2, 0.25) is 0 Å². The van der Waals surface area contributed by atoms with Crippen molar-refractivity contribution in [2.45, 2.75) is 31.9 Å². The minimum Gasteiger partial charge on any atom is -0.207 e. The molecule has 0 aliphatic heterocycles. The molecule has 112 valence electrons. The maximum absolute atomic E-state index is 12.9. The normalized spacial score (nSPS) is 13.2. The van der Waals surface area contributed by atoms with Gasteiger partial charge in [0, 0.05) is 0 Å². The van der Waals surface area contributed by atoms with E-state index in [0.29, 0.717) is 12.0 Å². The molecule has 0 heterocycles. The first-order valence-electron chi connectivity index (χ1n) is 6.81. The van der Waals surface area contributed by atoms with Gasteiger partial charge in [-0.2, -0.15) is 13.2 Å². The van der Waals surface area contributed by atoms with Crippen LogP contribution < -0.4 is 0 Å². The van der Waals surface area contributed by atoms with E-state index in [-0.39, 0.29) is 11.7 Å². The van der Waals surface area contributed by atoms with Gasteiger partial charge in [0.05, 0.1) is 5.56 Å². The monoisotopic (exact) mass is 296 g/mol. The number of alkyl halides is 3. The quantitative estimate of drug-likeness (QED) is 0.646. The zero-order valence-electron chi connectivity index (χ0n) is 11.6. The molecule has 0 fully saturated rings. The Balaban J connectivity index is 2.23. The molecule has 0 radical (unpaired) electrons. The summed E-state index contributed by atoms with van der Waals surface area (Å²) >= 11 is 0. The van der Waals surface area contributed by atoms with Crippen molar-refractivity contribution in [2.75, 3.05) is 0 Å². The molecule has 21 heavy (non-hydrogen) atoms. The number of halogens is 4. The van der Waals surface area contributed by atoms with E-state index in [1.807, 2.05) is 6.92 Å². The first-order valence-corrected chi connectivity index (χ1v) is 6.81. The fourth-order valence-electron chi connectivity index (χ4n) is 2.37. The van der Waals surface area contributed by atoms with Gasteiger partial charge in [-0.25, -0.2) is 4.39 Å². The van der Waals surface area contributed by atoms with Gasteiger partial charge in [0.1, 0.15) is 5.82 Å². The SMILES string of the molecule is CCC(Cc1ccc(F)cc1)c1cccc(C(F)(F)F)c1. The summed E-state index contributed by atoms with van der Waals surface area (Å²) in [4.78, 5) is 0. The van der Waals surface area contributed by atoms with E-state index in [9.17, 15) is 17.6 Å². The lowest BCUT2D eigenvalue weighted by Crippen LogP contribution is -2.08. The first kappa shape index (κ1) is 15.5. The summed E-state index contributed by atoms with van der Waals surface area (Å²) in [5, 5.41) is 0. The summed E-state index contributed by atoms with van der Waals surface area (Å²) in [6.45, 7) is 1.94. The molecule has 0 saturated heterocycles. The second-order valence-electron chi connectivity index (χ2n) is 5.06. The molecule has 4 heteroatoms. The fraction of sp³-hybridized carbons (Fsp3) is 0.294. The smallest absolute Gasteiger partial charge is 0.207 e. The van der Waals surface area contributed by atoms with Crippen molar-refractivity contribution in [3.63, 3.8) is 0 Å². The zero-order chi connectivity index (χ0) is 15.5. The minimum absolute atomic E-state index is 0.0160. The largest absolute Gasteiger partial charge is 0.416 e. The molecular formula is C17H16F4. The third-order valence-electron chi connectivity index (χ3n) is 3.57. The topological polar surface area (TPSA) is 0 Å². The standard InChI is InChI=1S/C17H16F4/c1-2-13(10-12-6-8-16(18)9-7-12)14-4-3-5-15(11-14)17(19,20)21/h3-9,11,13H,2,10H2,1H3. The highest BCUT2D eigenvalue weighted by atomic mass is 19.4. The third-order valence-corrected chi connectivity index (χ3v) is 3.57. The minimum atomic E-state index is -4.33. The molecule has 0 aliphatic rings. The Morgan fingerprint density at radius 1 is 1.00 bits per heavy atom. The average molecular weight is 296 g/mol. The van der Waals surface area contributed by atoms with E-state index in [0.717, 1.165) is 18.1 Å². The van der Waals surface area contributed by atoms with Crippen LogP contribution >= 0.6 is 0 Å². The Labute approximate surface area is 121 Å². The predicted octanol–water partition coefficient (Wildman–Crippen LogP) is 5.58. The summed E-state index contributed by atoms with van der Waals surface area (Å²) < 4.78 is 51.2. The Hall–Kier alpha value is -1.84. The molecule has 0 aromatic heterocycles. The molecule has 1 atom stereocenters. The molecule has 0 nitrogen and oxygen atoms in total. The third kappa shape index (κ3) is 4.06. The molecule has 2 rings (SSSR count). The summed E-state index contributed by atoms with van der Waals surface area (Å²) in [5.74, 6) is -0.330. The van der Waals surface area contributed by atoms with E-state index < -0.39 is 11.7 Å². The van der Waals surface area contributed by atoms with Crippen molar-refractivity contribution in [2.24, 2.45) is 0 Å². The van der Waals surface area contributed by atoms with Gasteiger partial charge in [-0.15, -0.1) is 0 Å². The van der Waals surface area contributed by atoms with Crippen molar-refractivity contribution in [1.29, 1.82) is 0 Å². The summed E-state index contributed by atoms with van der Waals surface area (Å²) in [6.07, 6.45) is -3.01. The van der Waals surface area contributed by atoms with Gasteiger partial charge in [0.25, 0.3) is 0 Å². The lowest BCUT2D eigenvalue weighted by molar-refractivity contribution is -0.137. The van der Waals surface area contributed by atoms with Crippen LogP contribution in [0.5, 0.6) is 0 Å². The van der Waals surface area contributed by atoms with Crippen molar-refractivity contribution < 1.29 is 17.6 Å². The number of benzene rings is 2.